The number of benzene rings is 2. The zero-order valence-electron chi connectivity index (χ0n) is 11.7. The van der Waals surface area contributed by atoms with Gasteiger partial charge in [-0.15, -0.1) is 0 Å². The van der Waals surface area contributed by atoms with Crippen LogP contribution in [-0.4, -0.2) is 14.5 Å². The first-order valence-electron chi connectivity index (χ1n) is 6.42. The number of halogens is 1. The second-order valence-electron chi connectivity index (χ2n) is 4.75. The van der Waals surface area contributed by atoms with E-state index >= 15 is 0 Å². The van der Waals surface area contributed by atoms with E-state index in [1.165, 1.54) is 36.4 Å². The largest absolute Gasteiger partial charge is 0.491 e. The van der Waals surface area contributed by atoms with E-state index in [-0.39, 0.29) is 11.0 Å². The van der Waals surface area contributed by atoms with E-state index in [2.05, 4.69) is 4.72 Å². The van der Waals surface area contributed by atoms with Gasteiger partial charge >= 0.3 is 0 Å². The third-order valence-electron chi connectivity index (χ3n) is 2.60. The second-order valence-corrected chi connectivity index (χ2v) is 6.43. The van der Waals surface area contributed by atoms with Crippen molar-refractivity contribution in [1.29, 1.82) is 0 Å². The fourth-order valence-corrected chi connectivity index (χ4v) is 2.76. The highest BCUT2D eigenvalue weighted by molar-refractivity contribution is 7.92. The molecule has 0 unspecified atom stereocenters. The Morgan fingerprint density at radius 1 is 1.00 bits per heavy atom. The second kappa shape index (κ2) is 6.13. The van der Waals surface area contributed by atoms with Crippen LogP contribution >= 0.6 is 0 Å². The van der Waals surface area contributed by atoms with E-state index in [0.717, 1.165) is 0 Å². The Morgan fingerprint density at radius 2 is 1.57 bits per heavy atom. The number of rotatable bonds is 5. The van der Waals surface area contributed by atoms with Gasteiger partial charge in [0.2, 0.25) is 0 Å². The molecular formula is C15H16FNO3S. The first kappa shape index (κ1) is 15.3. The number of hydrogen-bond donors (Lipinski definition) is 1. The van der Waals surface area contributed by atoms with E-state index in [1.807, 2.05) is 13.8 Å². The van der Waals surface area contributed by atoms with Gasteiger partial charge in [-0.05, 0) is 62.4 Å². The molecule has 2 rings (SSSR count). The first-order valence-corrected chi connectivity index (χ1v) is 7.90. The summed E-state index contributed by atoms with van der Waals surface area (Å²) in [6.07, 6.45) is 0.0183. The van der Waals surface area contributed by atoms with Gasteiger partial charge in [0.25, 0.3) is 10.0 Å². The van der Waals surface area contributed by atoms with Gasteiger partial charge in [0.15, 0.2) is 0 Å². The Morgan fingerprint density at radius 3 is 2.10 bits per heavy atom. The molecule has 0 spiro atoms. The van der Waals surface area contributed by atoms with Crippen molar-refractivity contribution in [2.45, 2.75) is 24.8 Å². The lowest BCUT2D eigenvalue weighted by atomic mass is 10.3. The molecule has 2 aromatic rings. The van der Waals surface area contributed by atoms with Gasteiger partial charge in [-0.1, -0.05) is 0 Å². The Labute approximate surface area is 123 Å². The van der Waals surface area contributed by atoms with Gasteiger partial charge in [0, 0.05) is 5.69 Å². The maximum Gasteiger partial charge on any atom is 0.261 e. The van der Waals surface area contributed by atoms with Crippen molar-refractivity contribution in [2.75, 3.05) is 4.72 Å². The minimum Gasteiger partial charge on any atom is -0.491 e. The molecule has 2 aromatic carbocycles. The fraction of sp³-hybridized carbons (Fsp3) is 0.200. The number of anilines is 1. The quantitative estimate of drug-likeness (QED) is 0.921. The number of hydrogen-bond acceptors (Lipinski definition) is 3. The molecule has 0 aliphatic rings. The van der Waals surface area contributed by atoms with Crippen LogP contribution in [0.15, 0.2) is 53.4 Å². The highest BCUT2D eigenvalue weighted by atomic mass is 32.2. The van der Waals surface area contributed by atoms with Crippen molar-refractivity contribution in [3.8, 4) is 5.75 Å². The minimum absolute atomic E-state index is 0.0183. The van der Waals surface area contributed by atoms with E-state index in [9.17, 15) is 12.8 Å². The molecule has 0 radical (unpaired) electrons. The SMILES string of the molecule is CC(C)Oc1ccc(S(=O)(=O)Nc2ccc(F)cc2)cc1. The van der Waals surface area contributed by atoms with Crippen molar-refractivity contribution in [1.82, 2.24) is 0 Å². The van der Waals surface area contributed by atoms with Crippen molar-refractivity contribution in [3.05, 3.63) is 54.3 Å². The van der Waals surface area contributed by atoms with E-state index in [0.29, 0.717) is 11.4 Å². The Bertz CT molecular complexity index is 695. The fourth-order valence-electron chi connectivity index (χ4n) is 1.70. The molecule has 0 aliphatic carbocycles. The molecule has 6 heteroatoms. The standard InChI is InChI=1S/C15H16FNO3S/c1-11(2)20-14-7-9-15(10-8-14)21(18,19)17-13-5-3-12(16)4-6-13/h3-11,17H,1-2H3. The molecule has 0 saturated heterocycles. The highest BCUT2D eigenvalue weighted by Crippen LogP contribution is 2.20. The third kappa shape index (κ3) is 4.19. The van der Waals surface area contributed by atoms with E-state index in [1.54, 1.807) is 12.1 Å². The molecule has 0 saturated carbocycles. The maximum absolute atomic E-state index is 12.8. The topological polar surface area (TPSA) is 55.4 Å². The molecule has 1 N–H and O–H groups in total. The summed E-state index contributed by atoms with van der Waals surface area (Å²) in [4.78, 5) is 0.114. The van der Waals surface area contributed by atoms with Crippen molar-refractivity contribution >= 4 is 15.7 Å². The predicted molar refractivity (Wildman–Crippen MR) is 79.4 cm³/mol. The lowest BCUT2D eigenvalue weighted by molar-refractivity contribution is 0.242. The van der Waals surface area contributed by atoms with Gasteiger partial charge in [0.05, 0.1) is 11.0 Å². The lowest BCUT2D eigenvalue weighted by Gasteiger charge is -2.11. The Hall–Kier alpha value is -2.08. The van der Waals surface area contributed by atoms with Crippen molar-refractivity contribution in [2.24, 2.45) is 0 Å². The summed E-state index contributed by atoms with van der Waals surface area (Å²) >= 11 is 0. The van der Waals surface area contributed by atoms with Crippen LogP contribution in [0.4, 0.5) is 10.1 Å². The van der Waals surface area contributed by atoms with Gasteiger partial charge < -0.3 is 4.74 Å². The normalized spacial score (nSPS) is 11.4. The number of nitrogens with one attached hydrogen (secondary N) is 1. The van der Waals surface area contributed by atoms with Crippen LogP contribution in [-0.2, 0) is 10.0 Å². The summed E-state index contributed by atoms with van der Waals surface area (Å²) in [6.45, 7) is 3.78. The average molecular weight is 309 g/mol. The summed E-state index contributed by atoms with van der Waals surface area (Å²) in [5, 5.41) is 0. The summed E-state index contributed by atoms with van der Waals surface area (Å²) in [7, 11) is -3.70. The summed E-state index contributed by atoms with van der Waals surface area (Å²) in [6, 6.07) is 11.2. The van der Waals surface area contributed by atoms with Crippen LogP contribution in [0, 0.1) is 5.82 Å². The zero-order chi connectivity index (χ0) is 15.5. The molecule has 112 valence electrons. The molecule has 0 bridgehead atoms. The summed E-state index contributed by atoms with van der Waals surface area (Å²) in [5.41, 5.74) is 0.305. The van der Waals surface area contributed by atoms with E-state index < -0.39 is 15.8 Å². The van der Waals surface area contributed by atoms with Crippen LogP contribution < -0.4 is 9.46 Å². The highest BCUT2D eigenvalue weighted by Gasteiger charge is 2.14. The summed E-state index contributed by atoms with van der Waals surface area (Å²) < 4.78 is 45.0. The molecule has 0 heterocycles. The van der Waals surface area contributed by atoms with Gasteiger partial charge in [-0.3, -0.25) is 4.72 Å². The molecule has 0 fully saturated rings. The van der Waals surface area contributed by atoms with Crippen LogP contribution in [0.1, 0.15) is 13.8 Å². The molecule has 4 nitrogen and oxygen atoms in total. The average Bonchev–Trinajstić information content (AvgIpc) is 2.41. The van der Waals surface area contributed by atoms with Gasteiger partial charge in [0.1, 0.15) is 11.6 Å². The number of ether oxygens (including phenoxy) is 1. The maximum atomic E-state index is 12.8. The van der Waals surface area contributed by atoms with E-state index in [4.69, 9.17) is 4.74 Å². The molecule has 0 amide bonds. The molecule has 0 aromatic heterocycles. The van der Waals surface area contributed by atoms with Crippen LogP contribution in [0.25, 0.3) is 0 Å². The number of sulfonamides is 1. The van der Waals surface area contributed by atoms with Crippen LogP contribution in [0.3, 0.4) is 0 Å². The summed E-state index contributed by atoms with van der Waals surface area (Å²) in [5.74, 6) is 0.180. The van der Waals surface area contributed by atoms with Crippen LogP contribution in [0.2, 0.25) is 0 Å². The van der Waals surface area contributed by atoms with Gasteiger partial charge in [-0.25, -0.2) is 12.8 Å². The van der Waals surface area contributed by atoms with Gasteiger partial charge in [-0.2, -0.15) is 0 Å². The third-order valence-corrected chi connectivity index (χ3v) is 4.00. The van der Waals surface area contributed by atoms with Crippen molar-refractivity contribution in [3.63, 3.8) is 0 Å². The van der Waals surface area contributed by atoms with Crippen LogP contribution in [0.5, 0.6) is 5.75 Å². The minimum atomic E-state index is -3.70. The first-order chi connectivity index (χ1) is 9.87. The van der Waals surface area contributed by atoms with Crippen molar-refractivity contribution < 1.29 is 17.5 Å². The predicted octanol–water partition coefficient (Wildman–Crippen LogP) is 3.41. The Balaban J connectivity index is 2.17. The molecule has 21 heavy (non-hydrogen) atoms. The zero-order valence-corrected chi connectivity index (χ0v) is 12.5. The lowest BCUT2D eigenvalue weighted by Crippen LogP contribution is -2.13. The molecule has 0 aliphatic heterocycles. The smallest absolute Gasteiger partial charge is 0.261 e. The Kier molecular flexibility index (Phi) is 4.47. The molecular weight excluding hydrogens is 293 g/mol. The monoisotopic (exact) mass is 309 g/mol. The molecule has 0 atom stereocenters.